The van der Waals surface area contributed by atoms with Crippen LogP contribution in [0.25, 0.3) is 0 Å². The molecule has 1 heterocycles. The molecule has 0 saturated carbocycles. The molecule has 3 rings (SSSR count). The predicted octanol–water partition coefficient (Wildman–Crippen LogP) is 4.13. The Morgan fingerprint density at radius 3 is 2.52 bits per heavy atom. The molecular weight excluding hydrogens is 407 g/mol. The Kier molecular flexibility index (Phi) is 5.70. The first-order chi connectivity index (χ1) is 12.7. The minimum atomic E-state index is -3.73. The summed E-state index contributed by atoms with van der Waals surface area (Å²) in [4.78, 5) is 15.0. The number of hydrogen-bond donors (Lipinski definition) is 0. The molecule has 5 nitrogen and oxygen atoms in total. The van der Waals surface area contributed by atoms with Crippen LogP contribution in [0.5, 0.6) is 0 Å². The third-order valence-electron chi connectivity index (χ3n) is 4.62. The predicted molar refractivity (Wildman–Crippen MR) is 110 cm³/mol. The van der Waals surface area contributed by atoms with Gasteiger partial charge in [-0.3, -0.25) is 9.10 Å². The van der Waals surface area contributed by atoms with Gasteiger partial charge in [-0.15, -0.1) is 0 Å². The summed E-state index contributed by atoms with van der Waals surface area (Å²) >= 11 is 12.0. The van der Waals surface area contributed by atoms with Crippen LogP contribution in [0.2, 0.25) is 10.0 Å². The largest absolute Gasteiger partial charge is 0.310 e. The van der Waals surface area contributed by atoms with Crippen molar-refractivity contribution in [2.24, 2.45) is 0 Å². The highest BCUT2D eigenvalue weighted by molar-refractivity contribution is 7.92. The topological polar surface area (TPSA) is 57.7 Å². The Labute approximate surface area is 169 Å². The normalized spacial score (nSPS) is 14.7. The highest BCUT2D eigenvalue weighted by Crippen LogP contribution is 2.33. The Morgan fingerprint density at radius 2 is 1.89 bits per heavy atom. The van der Waals surface area contributed by atoms with Crippen LogP contribution in [0.15, 0.2) is 42.5 Å². The van der Waals surface area contributed by atoms with Crippen molar-refractivity contribution in [2.75, 3.05) is 22.0 Å². The zero-order valence-corrected chi connectivity index (χ0v) is 17.4. The van der Waals surface area contributed by atoms with Crippen LogP contribution in [0.3, 0.4) is 0 Å². The number of halogens is 2. The second-order valence-corrected chi connectivity index (χ2v) is 9.12. The maximum Gasteiger partial charge on any atom is 0.250 e. The SMILES string of the molecule is CCC(C(=O)N1CCc2ccccc21)N(c1ccc(Cl)c(Cl)c1)S(C)(=O)=O. The maximum atomic E-state index is 13.3. The van der Waals surface area contributed by atoms with Crippen LogP contribution in [0.4, 0.5) is 11.4 Å². The number of anilines is 2. The number of rotatable bonds is 5. The van der Waals surface area contributed by atoms with E-state index >= 15 is 0 Å². The van der Waals surface area contributed by atoms with Gasteiger partial charge in [0.25, 0.3) is 5.91 Å². The van der Waals surface area contributed by atoms with Crippen molar-refractivity contribution < 1.29 is 13.2 Å². The first-order valence-electron chi connectivity index (χ1n) is 8.57. The average molecular weight is 427 g/mol. The van der Waals surface area contributed by atoms with Gasteiger partial charge in [0.15, 0.2) is 0 Å². The van der Waals surface area contributed by atoms with E-state index < -0.39 is 16.1 Å². The molecule has 0 spiro atoms. The molecule has 0 aromatic heterocycles. The number of benzene rings is 2. The first kappa shape index (κ1) is 20.0. The molecule has 2 aromatic rings. The van der Waals surface area contributed by atoms with Gasteiger partial charge in [0.1, 0.15) is 6.04 Å². The van der Waals surface area contributed by atoms with Crippen LogP contribution in [-0.2, 0) is 21.2 Å². The molecule has 8 heteroatoms. The van der Waals surface area contributed by atoms with Gasteiger partial charge in [-0.25, -0.2) is 8.42 Å². The van der Waals surface area contributed by atoms with Crippen LogP contribution in [0, 0.1) is 0 Å². The minimum Gasteiger partial charge on any atom is -0.310 e. The fourth-order valence-corrected chi connectivity index (χ4v) is 4.90. The summed E-state index contributed by atoms with van der Waals surface area (Å²) < 4.78 is 26.3. The molecule has 0 aliphatic carbocycles. The third kappa shape index (κ3) is 3.93. The van der Waals surface area contributed by atoms with Gasteiger partial charge in [0.05, 0.1) is 22.0 Å². The fraction of sp³-hybridized carbons (Fsp3) is 0.316. The molecular formula is C19H20Cl2N2O3S. The Hall–Kier alpha value is -1.76. The molecule has 0 bridgehead atoms. The minimum absolute atomic E-state index is 0.233. The van der Waals surface area contributed by atoms with E-state index in [0.717, 1.165) is 28.2 Å². The van der Waals surface area contributed by atoms with Gasteiger partial charge in [-0.2, -0.15) is 0 Å². The molecule has 1 amide bonds. The number of hydrogen-bond acceptors (Lipinski definition) is 3. The molecule has 0 radical (unpaired) electrons. The molecule has 1 aliphatic heterocycles. The molecule has 0 fully saturated rings. The zero-order chi connectivity index (χ0) is 19.8. The van der Waals surface area contributed by atoms with E-state index in [2.05, 4.69) is 0 Å². The average Bonchev–Trinajstić information content (AvgIpc) is 3.04. The quantitative estimate of drug-likeness (QED) is 0.721. The molecule has 1 unspecified atom stereocenters. The Bertz CT molecular complexity index is 979. The maximum absolute atomic E-state index is 13.3. The van der Waals surface area contributed by atoms with Crippen molar-refractivity contribution in [3.8, 4) is 0 Å². The fourth-order valence-electron chi connectivity index (χ4n) is 3.41. The lowest BCUT2D eigenvalue weighted by Gasteiger charge is -2.33. The lowest BCUT2D eigenvalue weighted by molar-refractivity contribution is -0.119. The van der Waals surface area contributed by atoms with Crippen molar-refractivity contribution >= 4 is 50.5 Å². The van der Waals surface area contributed by atoms with Crippen molar-refractivity contribution in [3.63, 3.8) is 0 Å². The van der Waals surface area contributed by atoms with Gasteiger partial charge >= 0.3 is 0 Å². The lowest BCUT2D eigenvalue weighted by Crippen LogP contribution is -2.50. The van der Waals surface area contributed by atoms with Crippen molar-refractivity contribution in [3.05, 3.63) is 58.1 Å². The highest BCUT2D eigenvalue weighted by Gasteiger charge is 2.36. The summed E-state index contributed by atoms with van der Waals surface area (Å²) in [6, 6.07) is 11.4. The molecule has 144 valence electrons. The molecule has 2 aromatic carbocycles. The van der Waals surface area contributed by atoms with Crippen molar-refractivity contribution in [1.82, 2.24) is 0 Å². The molecule has 1 atom stereocenters. The first-order valence-corrected chi connectivity index (χ1v) is 11.2. The summed E-state index contributed by atoms with van der Waals surface area (Å²) in [6.45, 7) is 2.33. The highest BCUT2D eigenvalue weighted by atomic mass is 35.5. The third-order valence-corrected chi connectivity index (χ3v) is 6.54. The van der Waals surface area contributed by atoms with E-state index in [1.807, 2.05) is 24.3 Å². The molecule has 0 N–H and O–H groups in total. The van der Waals surface area contributed by atoms with E-state index in [4.69, 9.17) is 23.2 Å². The smallest absolute Gasteiger partial charge is 0.250 e. The number of amides is 1. The van der Waals surface area contributed by atoms with Crippen molar-refractivity contribution in [1.29, 1.82) is 0 Å². The van der Waals surface area contributed by atoms with E-state index in [0.29, 0.717) is 23.7 Å². The summed E-state index contributed by atoms with van der Waals surface area (Å²) in [5, 5.41) is 0.554. The lowest BCUT2D eigenvalue weighted by atomic mass is 10.1. The van der Waals surface area contributed by atoms with Gasteiger partial charge in [-0.1, -0.05) is 48.3 Å². The number of carbonyl (C=O) groups is 1. The van der Waals surface area contributed by atoms with Crippen LogP contribution in [-0.4, -0.2) is 33.2 Å². The monoisotopic (exact) mass is 426 g/mol. The number of fused-ring (bicyclic) bond motifs is 1. The van der Waals surface area contributed by atoms with Gasteiger partial charge in [-0.05, 0) is 42.7 Å². The summed E-state index contributed by atoms with van der Waals surface area (Å²) in [6.07, 6.45) is 2.16. The van der Waals surface area contributed by atoms with Gasteiger partial charge in [0, 0.05) is 12.2 Å². The summed E-state index contributed by atoms with van der Waals surface area (Å²) in [5.41, 5.74) is 2.24. The molecule has 0 saturated heterocycles. The molecule has 1 aliphatic rings. The van der Waals surface area contributed by atoms with Crippen LogP contribution in [0.1, 0.15) is 18.9 Å². The second-order valence-electron chi connectivity index (χ2n) is 6.45. The van der Waals surface area contributed by atoms with E-state index in [1.54, 1.807) is 17.9 Å². The number of para-hydroxylation sites is 1. The van der Waals surface area contributed by atoms with Gasteiger partial charge in [0.2, 0.25) is 10.0 Å². The van der Waals surface area contributed by atoms with E-state index in [1.165, 1.54) is 12.1 Å². The Morgan fingerprint density at radius 1 is 1.19 bits per heavy atom. The summed E-state index contributed by atoms with van der Waals surface area (Å²) in [7, 11) is -3.73. The van der Waals surface area contributed by atoms with Crippen LogP contribution >= 0.6 is 23.2 Å². The molecule has 27 heavy (non-hydrogen) atoms. The van der Waals surface area contributed by atoms with Crippen molar-refractivity contribution in [2.45, 2.75) is 25.8 Å². The zero-order valence-electron chi connectivity index (χ0n) is 15.0. The van der Waals surface area contributed by atoms with Gasteiger partial charge < -0.3 is 4.90 Å². The Balaban J connectivity index is 2.02. The van der Waals surface area contributed by atoms with E-state index in [9.17, 15) is 13.2 Å². The van der Waals surface area contributed by atoms with E-state index in [-0.39, 0.29) is 10.9 Å². The number of nitrogens with zero attached hydrogens (tertiary/aromatic N) is 2. The summed E-state index contributed by atoms with van der Waals surface area (Å²) in [5.74, 6) is -0.251. The standard InChI is InChI=1S/C19H20Cl2N2O3S/c1-3-17(19(24)22-11-10-13-6-4-5-7-18(13)22)23(27(2,25)26)14-8-9-15(20)16(21)12-14/h4-9,12,17H,3,10-11H2,1-2H3. The second kappa shape index (κ2) is 7.70. The number of carbonyl (C=O) groups excluding carboxylic acids is 1. The van der Waals surface area contributed by atoms with Crippen LogP contribution < -0.4 is 9.21 Å². The number of sulfonamides is 1.